The molecule has 0 radical (unpaired) electrons. The molecule has 3 heterocycles. The number of rotatable bonds is 8. The number of aromatic nitrogens is 2. The van der Waals surface area contributed by atoms with Crippen molar-refractivity contribution in [2.75, 3.05) is 46.5 Å². The molecule has 9 heteroatoms. The molecule has 1 atom stereocenters. The van der Waals surface area contributed by atoms with Gasteiger partial charge in [-0.2, -0.15) is 5.10 Å². The fourth-order valence-corrected chi connectivity index (χ4v) is 5.17. The Morgan fingerprint density at radius 1 is 1.08 bits per heavy atom. The molecule has 0 unspecified atom stereocenters. The van der Waals surface area contributed by atoms with Crippen LogP contribution < -0.4 is 4.74 Å². The molecule has 2 aliphatic rings. The smallest absolute Gasteiger partial charge is 0.295 e. The Kier molecular flexibility index (Phi) is 7.57. The number of ketones is 1. The van der Waals surface area contributed by atoms with Gasteiger partial charge in [-0.3, -0.25) is 14.5 Å². The summed E-state index contributed by atoms with van der Waals surface area (Å²) in [7, 11) is 1.57. The van der Waals surface area contributed by atoms with Crippen molar-refractivity contribution in [2.24, 2.45) is 0 Å². The van der Waals surface area contributed by atoms with Crippen molar-refractivity contribution in [3.63, 3.8) is 0 Å². The van der Waals surface area contributed by atoms with E-state index in [2.05, 4.69) is 10.00 Å². The molecule has 1 N–H and O–H groups in total. The van der Waals surface area contributed by atoms with Crippen molar-refractivity contribution in [3.8, 4) is 11.4 Å². The second-order valence-corrected chi connectivity index (χ2v) is 9.47. The maximum atomic E-state index is 13.4. The number of carbonyl (C=O) groups is 2. The Bertz CT molecular complexity index is 1340. The maximum absolute atomic E-state index is 13.4. The zero-order valence-corrected chi connectivity index (χ0v) is 21.7. The van der Waals surface area contributed by atoms with Crippen molar-refractivity contribution in [1.82, 2.24) is 19.6 Å². The Balaban J connectivity index is 1.52. The highest BCUT2D eigenvalue weighted by molar-refractivity contribution is 6.46. The Labute approximate surface area is 221 Å². The second-order valence-electron chi connectivity index (χ2n) is 9.47. The second kappa shape index (κ2) is 11.2. The van der Waals surface area contributed by atoms with Crippen LogP contribution in [0, 0.1) is 6.92 Å². The summed E-state index contributed by atoms with van der Waals surface area (Å²) in [5.74, 6) is -0.941. The van der Waals surface area contributed by atoms with Gasteiger partial charge >= 0.3 is 0 Å². The third kappa shape index (κ3) is 4.94. The van der Waals surface area contributed by atoms with Crippen molar-refractivity contribution in [3.05, 3.63) is 83.2 Å². The first-order chi connectivity index (χ1) is 18.5. The molecule has 0 bridgehead atoms. The molecule has 0 saturated carbocycles. The normalized spacial score (nSPS) is 19.7. The van der Waals surface area contributed by atoms with E-state index < -0.39 is 17.7 Å². The number of likely N-dealkylation sites (tertiary alicyclic amines) is 1. The van der Waals surface area contributed by atoms with Gasteiger partial charge in [0.1, 0.15) is 11.5 Å². The molecule has 2 saturated heterocycles. The lowest BCUT2D eigenvalue weighted by atomic mass is 9.95. The molecule has 1 amide bonds. The zero-order chi connectivity index (χ0) is 26.6. The van der Waals surface area contributed by atoms with Crippen LogP contribution in [0.4, 0.5) is 0 Å². The van der Waals surface area contributed by atoms with Gasteiger partial charge in [-0.05, 0) is 43.2 Å². The molecule has 5 rings (SSSR count). The molecule has 9 nitrogen and oxygen atoms in total. The van der Waals surface area contributed by atoms with E-state index in [1.807, 2.05) is 55.5 Å². The predicted octanol–water partition coefficient (Wildman–Crippen LogP) is 3.33. The van der Waals surface area contributed by atoms with Crippen molar-refractivity contribution < 1.29 is 24.2 Å². The molecule has 2 aromatic carbocycles. The molecule has 198 valence electrons. The summed E-state index contributed by atoms with van der Waals surface area (Å²) in [5, 5.41) is 16.0. The minimum atomic E-state index is -0.741. The fourth-order valence-electron chi connectivity index (χ4n) is 5.17. The summed E-state index contributed by atoms with van der Waals surface area (Å²) in [6.07, 6.45) is 2.23. The Morgan fingerprint density at radius 3 is 2.58 bits per heavy atom. The molecule has 3 aromatic rings. The fraction of sp³-hybridized carbons (Fsp3) is 0.345. The van der Waals surface area contributed by atoms with Gasteiger partial charge in [-0.15, -0.1) is 0 Å². The highest BCUT2D eigenvalue weighted by Gasteiger charge is 2.46. The summed E-state index contributed by atoms with van der Waals surface area (Å²) in [5.41, 5.74) is 2.66. The van der Waals surface area contributed by atoms with Gasteiger partial charge in [0, 0.05) is 26.2 Å². The number of Topliss-reactive ketones (excluding diaryl/α,β-unsaturated/α-hetero) is 1. The van der Waals surface area contributed by atoms with Crippen LogP contribution in [0.25, 0.3) is 11.4 Å². The molecule has 0 aliphatic carbocycles. The number of para-hydroxylation sites is 1. The number of ether oxygens (including phenoxy) is 2. The summed E-state index contributed by atoms with van der Waals surface area (Å²) >= 11 is 0. The van der Waals surface area contributed by atoms with E-state index in [4.69, 9.17) is 9.47 Å². The minimum absolute atomic E-state index is 0.0605. The van der Waals surface area contributed by atoms with Crippen LogP contribution in [0.15, 0.2) is 66.4 Å². The highest BCUT2D eigenvalue weighted by Crippen LogP contribution is 2.40. The molecular weight excluding hydrogens is 484 g/mol. The van der Waals surface area contributed by atoms with Crippen LogP contribution in [0.5, 0.6) is 5.75 Å². The van der Waals surface area contributed by atoms with Gasteiger partial charge in [0.25, 0.3) is 11.7 Å². The Hall–Kier alpha value is -3.95. The number of nitrogens with zero attached hydrogens (tertiary/aromatic N) is 4. The maximum Gasteiger partial charge on any atom is 0.295 e. The molecule has 0 spiro atoms. The topological polar surface area (TPSA) is 97.1 Å². The average Bonchev–Trinajstić information content (AvgIpc) is 3.46. The molecular formula is C29H32N4O5. The minimum Gasteiger partial charge on any atom is -0.507 e. The van der Waals surface area contributed by atoms with E-state index in [0.29, 0.717) is 48.7 Å². The van der Waals surface area contributed by atoms with Crippen LogP contribution in [-0.4, -0.2) is 82.9 Å². The lowest BCUT2D eigenvalue weighted by Gasteiger charge is -2.29. The van der Waals surface area contributed by atoms with Gasteiger partial charge in [0.05, 0.1) is 55.1 Å². The van der Waals surface area contributed by atoms with Crippen LogP contribution >= 0.6 is 0 Å². The van der Waals surface area contributed by atoms with Crippen LogP contribution in [0.1, 0.15) is 29.3 Å². The third-order valence-corrected chi connectivity index (χ3v) is 7.19. The Morgan fingerprint density at radius 2 is 1.84 bits per heavy atom. The summed E-state index contributed by atoms with van der Waals surface area (Å²) in [6, 6.07) is 16.1. The number of carbonyl (C=O) groups excluding carboxylic acids is 2. The van der Waals surface area contributed by atoms with Gasteiger partial charge in [0.15, 0.2) is 0 Å². The number of aliphatic hydroxyl groups is 1. The SMILES string of the molecule is COc1cccc([C@@H]2C(=C(O)c3cnn(-c4ccccc4)c3C)C(=O)C(=O)N2CCCN2CCOCC2)c1. The van der Waals surface area contributed by atoms with E-state index in [-0.39, 0.29) is 11.3 Å². The first kappa shape index (κ1) is 25.7. The predicted molar refractivity (Wildman–Crippen MR) is 142 cm³/mol. The van der Waals surface area contributed by atoms with E-state index in [0.717, 1.165) is 25.3 Å². The standard InChI is InChI=1S/C29H32N4O5/c1-20-24(19-30-33(20)22-9-4-3-5-10-22)27(34)25-26(21-8-6-11-23(18-21)37-2)32(29(36)28(25)35)13-7-12-31-14-16-38-17-15-31/h3-6,8-11,18-19,26,34H,7,12-17H2,1-2H3/t26-/m1/s1. The first-order valence-corrected chi connectivity index (χ1v) is 12.8. The van der Waals surface area contributed by atoms with E-state index in [9.17, 15) is 14.7 Å². The number of methoxy groups -OCH3 is 1. The highest BCUT2D eigenvalue weighted by atomic mass is 16.5. The monoisotopic (exact) mass is 516 g/mol. The molecule has 2 fully saturated rings. The van der Waals surface area contributed by atoms with Crippen LogP contribution in [0.3, 0.4) is 0 Å². The number of amides is 1. The van der Waals surface area contributed by atoms with Crippen molar-refractivity contribution >= 4 is 17.4 Å². The zero-order valence-electron chi connectivity index (χ0n) is 21.7. The molecule has 38 heavy (non-hydrogen) atoms. The van der Waals surface area contributed by atoms with E-state index in [1.54, 1.807) is 22.8 Å². The number of morpholine rings is 1. The van der Waals surface area contributed by atoms with Gasteiger partial charge < -0.3 is 19.5 Å². The van der Waals surface area contributed by atoms with Gasteiger partial charge in [0.2, 0.25) is 0 Å². The third-order valence-electron chi connectivity index (χ3n) is 7.19. The van der Waals surface area contributed by atoms with Gasteiger partial charge in [-0.1, -0.05) is 30.3 Å². The van der Waals surface area contributed by atoms with E-state index in [1.165, 1.54) is 6.20 Å². The largest absolute Gasteiger partial charge is 0.507 e. The number of hydrogen-bond donors (Lipinski definition) is 1. The van der Waals surface area contributed by atoms with Gasteiger partial charge in [-0.25, -0.2) is 4.68 Å². The molecule has 2 aliphatic heterocycles. The van der Waals surface area contributed by atoms with E-state index >= 15 is 0 Å². The quantitative estimate of drug-likeness (QED) is 0.279. The number of hydrogen-bond acceptors (Lipinski definition) is 7. The van der Waals surface area contributed by atoms with Crippen molar-refractivity contribution in [2.45, 2.75) is 19.4 Å². The summed E-state index contributed by atoms with van der Waals surface area (Å²) in [4.78, 5) is 30.6. The molecule has 1 aromatic heterocycles. The van der Waals surface area contributed by atoms with Crippen molar-refractivity contribution in [1.29, 1.82) is 0 Å². The first-order valence-electron chi connectivity index (χ1n) is 12.8. The summed E-state index contributed by atoms with van der Waals surface area (Å²) in [6.45, 7) is 6.09. The van der Waals surface area contributed by atoms with Crippen LogP contribution in [0.2, 0.25) is 0 Å². The van der Waals surface area contributed by atoms with Crippen LogP contribution in [-0.2, 0) is 14.3 Å². The lowest BCUT2D eigenvalue weighted by Crippen LogP contribution is -2.38. The lowest BCUT2D eigenvalue weighted by molar-refractivity contribution is -0.140. The number of aliphatic hydroxyl groups excluding tert-OH is 1. The summed E-state index contributed by atoms with van der Waals surface area (Å²) < 4.78 is 12.5. The number of benzene rings is 2. The average molecular weight is 517 g/mol.